The molecule has 0 aliphatic heterocycles. The first-order chi connectivity index (χ1) is 10.2. The van der Waals surface area contributed by atoms with Gasteiger partial charge in [0.25, 0.3) is 0 Å². The third-order valence-electron chi connectivity index (χ3n) is 3.98. The molecule has 2 aromatic rings. The van der Waals surface area contributed by atoms with Crippen molar-refractivity contribution in [2.45, 2.75) is 32.2 Å². The topological polar surface area (TPSA) is 24.1 Å². The van der Waals surface area contributed by atoms with Crippen LogP contribution in [0.25, 0.3) is 0 Å². The van der Waals surface area contributed by atoms with Crippen LogP contribution < -0.4 is 10.6 Å². The van der Waals surface area contributed by atoms with E-state index in [1.807, 2.05) is 0 Å². The number of nitrogens with one attached hydrogen (secondary N) is 2. The second-order valence-electron chi connectivity index (χ2n) is 5.61. The number of thiocarbonyl (C=S) groups is 1. The summed E-state index contributed by atoms with van der Waals surface area (Å²) in [6, 6.07) is 17.2. The zero-order valence-corrected chi connectivity index (χ0v) is 13.0. The molecule has 0 bridgehead atoms. The molecule has 2 aromatic carbocycles. The maximum absolute atomic E-state index is 5.46. The van der Waals surface area contributed by atoms with E-state index in [-0.39, 0.29) is 0 Å². The standard InChI is InChI=1S/C18H20N2S/c1-13-9-11-15(12-10-13)19-18(21)20-17-8-4-6-14-5-2-3-7-16(14)17/h2-3,5,7,9-12,17H,4,6,8H2,1H3,(H2,19,20,21)/t17-/m0/s1. The van der Waals surface area contributed by atoms with Crippen LogP contribution >= 0.6 is 12.2 Å². The number of fused-ring (bicyclic) bond motifs is 1. The summed E-state index contributed by atoms with van der Waals surface area (Å²) in [5.74, 6) is 0. The number of rotatable bonds is 2. The lowest BCUT2D eigenvalue weighted by molar-refractivity contribution is 0.529. The second kappa shape index (κ2) is 6.27. The summed E-state index contributed by atoms with van der Waals surface area (Å²) in [5.41, 5.74) is 5.11. The number of anilines is 1. The molecule has 1 aliphatic carbocycles. The first-order valence-electron chi connectivity index (χ1n) is 7.44. The van der Waals surface area contributed by atoms with Gasteiger partial charge in [-0.15, -0.1) is 0 Å². The zero-order chi connectivity index (χ0) is 14.7. The molecule has 2 nitrogen and oxygen atoms in total. The van der Waals surface area contributed by atoms with E-state index in [4.69, 9.17) is 12.2 Å². The van der Waals surface area contributed by atoms with E-state index in [1.54, 1.807) is 0 Å². The Labute approximate surface area is 131 Å². The molecule has 0 saturated carbocycles. The summed E-state index contributed by atoms with van der Waals surface area (Å²) in [6.07, 6.45) is 3.51. The SMILES string of the molecule is Cc1ccc(NC(=S)N[C@H]2CCCc3ccccc32)cc1. The van der Waals surface area contributed by atoms with Gasteiger partial charge in [0, 0.05) is 5.69 Å². The van der Waals surface area contributed by atoms with Crippen molar-refractivity contribution in [2.75, 3.05) is 5.32 Å². The molecule has 3 heteroatoms. The van der Waals surface area contributed by atoms with Crippen molar-refractivity contribution in [1.29, 1.82) is 0 Å². The molecule has 0 aromatic heterocycles. The summed E-state index contributed by atoms with van der Waals surface area (Å²) in [7, 11) is 0. The second-order valence-corrected chi connectivity index (χ2v) is 6.02. The van der Waals surface area contributed by atoms with Crippen molar-refractivity contribution in [3.05, 3.63) is 65.2 Å². The van der Waals surface area contributed by atoms with Gasteiger partial charge >= 0.3 is 0 Å². The fourth-order valence-corrected chi connectivity index (χ4v) is 3.13. The Morgan fingerprint density at radius 1 is 1.10 bits per heavy atom. The van der Waals surface area contributed by atoms with Gasteiger partial charge < -0.3 is 10.6 Å². The fourth-order valence-electron chi connectivity index (χ4n) is 2.87. The molecule has 2 N–H and O–H groups in total. The number of benzene rings is 2. The summed E-state index contributed by atoms with van der Waals surface area (Å²) < 4.78 is 0. The van der Waals surface area contributed by atoms with Gasteiger partial charge in [-0.25, -0.2) is 0 Å². The van der Waals surface area contributed by atoms with Crippen LogP contribution in [0, 0.1) is 6.92 Å². The maximum Gasteiger partial charge on any atom is 0.171 e. The predicted octanol–water partition coefficient (Wildman–Crippen LogP) is 4.36. The lowest BCUT2D eigenvalue weighted by Crippen LogP contribution is -2.34. The van der Waals surface area contributed by atoms with Gasteiger partial charge in [-0.1, -0.05) is 42.0 Å². The smallest absolute Gasteiger partial charge is 0.171 e. The first kappa shape index (κ1) is 14.1. The molecule has 0 radical (unpaired) electrons. The Morgan fingerprint density at radius 3 is 2.67 bits per heavy atom. The van der Waals surface area contributed by atoms with Crippen LogP contribution in [0.5, 0.6) is 0 Å². The Balaban J connectivity index is 1.67. The van der Waals surface area contributed by atoms with Gasteiger partial charge in [-0.05, 0) is 61.7 Å². The molecule has 108 valence electrons. The third kappa shape index (κ3) is 3.42. The Morgan fingerprint density at radius 2 is 1.86 bits per heavy atom. The number of aryl methyl sites for hydroxylation is 2. The molecule has 0 fully saturated rings. The van der Waals surface area contributed by atoms with Crippen molar-refractivity contribution in [3.8, 4) is 0 Å². The Hall–Kier alpha value is -1.87. The molecule has 0 saturated heterocycles. The molecule has 0 unspecified atom stereocenters. The summed E-state index contributed by atoms with van der Waals surface area (Å²) in [6.45, 7) is 2.08. The normalized spacial score (nSPS) is 16.9. The predicted molar refractivity (Wildman–Crippen MR) is 92.7 cm³/mol. The lowest BCUT2D eigenvalue weighted by atomic mass is 9.88. The highest BCUT2D eigenvalue weighted by Gasteiger charge is 2.20. The fraction of sp³-hybridized carbons (Fsp3) is 0.278. The van der Waals surface area contributed by atoms with Gasteiger partial charge in [0.05, 0.1) is 6.04 Å². The highest BCUT2D eigenvalue weighted by molar-refractivity contribution is 7.80. The molecular formula is C18H20N2S. The van der Waals surface area contributed by atoms with Gasteiger partial charge in [0.2, 0.25) is 0 Å². The molecular weight excluding hydrogens is 276 g/mol. The third-order valence-corrected chi connectivity index (χ3v) is 4.20. The van der Waals surface area contributed by atoms with E-state index in [0.717, 1.165) is 12.1 Å². The van der Waals surface area contributed by atoms with Crippen molar-refractivity contribution in [2.24, 2.45) is 0 Å². The van der Waals surface area contributed by atoms with Crippen LogP contribution in [-0.2, 0) is 6.42 Å². The van der Waals surface area contributed by atoms with E-state index < -0.39 is 0 Å². The van der Waals surface area contributed by atoms with E-state index in [1.165, 1.54) is 29.5 Å². The Bertz CT molecular complexity index is 634. The largest absolute Gasteiger partial charge is 0.356 e. The van der Waals surface area contributed by atoms with Crippen LogP contribution in [0.1, 0.15) is 35.6 Å². The first-order valence-corrected chi connectivity index (χ1v) is 7.85. The maximum atomic E-state index is 5.46. The molecule has 0 amide bonds. The molecule has 1 atom stereocenters. The van der Waals surface area contributed by atoms with Crippen molar-refractivity contribution < 1.29 is 0 Å². The van der Waals surface area contributed by atoms with E-state index in [0.29, 0.717) is 11.2 Å². The summed E-state index contributed by atoms with van der Waals surface area (Å²) >= 11 is 5.46. The van der Waals surface area contributed by atoms with Crippen LogP contribution in [0.3, 0.4) is 0 Å². The van der Waals surface area contributed by atoms with Gasteiger partial charge in [-0.3, -0.25) is 0 Å². The number of hydrogen-bond donors (Lipinski definition) is 2. The molecule has 1 aliphatic rings. The quantitative estimate of drug-likeness (QED) is 0.805. The Kier molecular flexibility index (Phi) is 4.20. The average molecular weight is 296 g/mol. The highest BCUT2D eigenvalue weighted by atomic mass is 32.1. The minimum Gasteiger partial charge on any atom is -0.356 e. The van der Waals surface area contributed by atoms with Gasteiger partial charge in [0.15, 0.2) is 5.11 Å². The highest BCUT2D eigenvalue weighted by Crippen LogP contribution is 2.29. The minimum absolute atomic E-state index is 0.320. The van der Waals surface area contributed by atoms with E-state index in [9.17, 15) is 0 Å². The molecule has 3 rings (SSSR count). The van der Waals surface area contributed by atoms with Crippen LogP contribution in [0.4, 0.5) is 5.69 Å². The van der Waals surface area contributed by atoms with Gasteiger partial charge in [-0.2, -0.15) is 0 Å². The van der Waals surface area contributed by atoms with E-state index in [2.05, 4.69) is 66.1 Å². The van der Waals surface area contributed by atoms with Crippen molar-refractivity contribution in [3.63, 3.8) is 0 Å². The van der Waals surface area contributed by atoms with Crippen molar-refractivity contribution in [1.82, 2.24) is 5.32 Å². The summed E-state index contributed by atoms with van der Waals surface area (Å²) in [4.78, 5) is 0. The molecule has 0 spiro atoms. The minimum atomic E-state index is 0.320. The monoisotopic (exact) mass is 296 g/mol. The van der Waals surface area contributed by atoms with Crippen molar-refractivity contribution >= 4 is 23.0 Å². The molecule has 21 heavy (non-hydrogen) atoms. The summed E-state index contributed by atoms with van der Waals surface area (Å²) in [5, 5.41) is 7.42. The van der Waals surface area contributed by atoms with Crippen LogP contribution in [0.15, 0.2) is 48.5 Å². The van der Waals surface area contributed by atoms with Gasteiger partial charge in [0.1, 0.15) is 0 Å². The van der Waals surface area contributed by atoms with Crippen LogP contribution in [-0.4, -0.2) is 5.11 Å². The van der Waals surface area contributed by atoms with E-state index >= 15 is 0 Å². The molecule has 0 heterocycles. The lowest BCUT2D eigenvalue weighted by Gasteiger charge is -2.27. The number of hydrogen-bond acceptors (Lipinski definition) is 1. The average Bonchev–Trinajstić information content (AvgIpc) is 2.50. The van der Waals surface area contributed by atoms with Crippen LogP contribution in [0.2, 0.25) is 0 Å². The zero-order valence-electron chi connectivity index (χ0n) is 12.2.